The molecule has 2 aromatic heterocycles. The fourth-order valence-corrected chi connectivity index (χ4v) is 3.87. The fraction of sp³-hybridized carbons (Fsp3) is 0.577. The van der Waals surface area contributed by atoms with Crippen LogP contribution in [0.2, 0.25) is 0 Å². The quantitative estimate of drug-likeness (QED) is 0.249. The highest BCUT2D eigenvalue weighted by Crippen LogP contribution is 2.41. The fourth-order valence-electron chi connectivity index (χ4n) is 3.87. The Morgan fingerprint density at radius 2 is 1.95 bits per heavy atom. The van der Waals surface area contributed by atoms with Crippen molar-refractivity contribution in [3.63, 3.8) is 0 Å². The van der Waals surface area contributed by atoms with Gasteiger partial charge >= 0.3 is 18.1 Å². The van der Waals surface area contributed by atoms with Crippen molar-refractivity contribution in [3.8, 4) is 6.07 Å². The van der Waals surface area contributed by atoms with E-state index in [-0.39, 0.29) is 29.8 Å². The van der Waals surface area contributed by atoms with Crippen LogP contribution in [0.3, 0.4) is 0 Å². The Hall–Kier alpha value is -4.29. The van der Waals surface area contributed by atoms with Crippen LogP contribution < -0.4 is 11.1 Å². The first-order valence-electron chi connectivity index (χ1n) is 12.8. The molecule has 0 radical (unpaired) electrons. The van der Waals surface area contributed by atoms with Gasteiger partial charge in [-0.15, -0.1) is 0 Å². The van der Waals surface area contributed by atoms with Crippen LogP contribution in [0.1, 0.15) is 53.7 Å². The van der Waals surface area contributed by atoms with Crippen molar-refractivity contribution in [1.29, 1.82) is 5.26 Å². The van der Waals surface area contributed by atoms with Crippen molar-refractivity contribution in [2.45, 2.75) is 71.8 Å². The van der Waals surface area contributed by atoms with Gasteiger partial charge in [0, 0.05) is 19.3 Å². The predicted octanol–water partition coefficient (Wildman–Crippen LogP) is 1.79. The number of nitrogens with two attached hydrogens (primary N) is 1. The van der Waals surface area contributed by atoms with E-state index in [1.54, 1.807) is 46.8 Å². The molecule has 0 unspecified atom stereocenters. The lowest BCUT2D eigenvalue weighted by Gasteiger charge is -2.26. The second kappa shape index (κ2) is 12.5. The third-order valence-electron chi connectivity index (χ3n) is 6.33. The third-order valence-corrected chi connectivity index (χ3v) is 6.33. The Kier molecular flexibility index (Phi) is 9.51. The molecule has 1 amide bonds. The summed E-state index contributed by atoms with van der Waals surface area (Å²) < 4.78 is 27.6. The summed E-state index contributed by atoms with van der Waals surface area (Å²) in [5.74, 6) is -1.73. The lowest BCUT2D eigenvalue weighted by atomic mass is 9.87. The summed E-state index contributed by atoms with van der Waals surface area (Å²) in [4.78, 5) is 52.3. The molecule has 0 bridgehead atoms. The first-order chi connectivity index (χ1) is 19.2. The Balaban J connectivity index is 1.91. The summed E-state index contributed by atoms with van der Waals surface area (Å²) in [6, 6.07) is 4.34. The van der Waals surface area contributed by atoms with Crippen molar-refractivity contribution in [3.05, 3.63) is 24.2 Å². The van der Waals surface area contributed by atoms with Crippen LogP contribution in [-0.4, -0.2) is 70.2 Å². The molecule has 2 aromatic rings. The molecule has 3 heterocycles. The van der Waals surface area contributed by atoms with Crippen molar-refractivity contribution in [1.82, 2.24) is 14.6 Å². The average molecular weight is 575 g/mol. The molecule has 4 atom stereocenters. The summed E-state index contributed by atoms with van der Waals surface area (Å²) >= 11 is 0. The summed E-state index contributed by atoms with van der Waals surface area (Å²) in [6.45, 7) is 8.83. The maximum atomic E-state index is 12.6. The van der Waals surface area contributed by atoms with Gasteiger partial charge in [0.2, 0.25) is 18.3 Å². The highest BCUT2D eigenvalue weighted by Gasteiger charge is 2.52. The molecule has 3 N–H and O–H groups in total. The average Bonchev–Trinajstić information content (AvgIpc) is 3.49. The summed E-state index contributed by atoms with van der Waals surface area (Å²) in [6.07, 6.45) is -2.44. The van der Waals surface area contributed by atoms with Crippen LogP contribution in [-0.2, 0) is 43.7 Å². The van der Waals surface area contributed by atoms with Crippen molar-refractivity contribution in [2.24, 2.45) is 17.1 Å². The molecule has 1 aliphatic heterocycles. The number of carbonyl (C=O) groups is 4. The molecule has 1 saturated heterocycles. The Labute approximate surface area is 236 Å². The molecule has 1 fully saturated rings. The van der Waals surface area contributed by atoms with E-state index in [0.717, 1.165) is 6.92 Å². The minimum absolute atomic E-state index is 0.205. The van der Waals surface area contributed by atoms with Crippen LogP contribution >= 0.6 is 0 Å². The largest absolute Gasteiger partial charge is 0.511 e. The van der Waals surface area contributed by atoms with E-state index in [1.165, 1.54) is 10.8 Å². The molecule has 0 saturated carbocycles. The zero-order valence-electron chi connectivity index (χ0n) is 23.7. The van der Waals surface area contributed by atoms with Crippen molar-refractivity contribution >= 4 is 35.3 Å². The number of aromatic nitrogens is 3. The van der Waals surface area contributed by atoms with Gasteiger partial charge in [-0.2, -0.15) is 10.4 Å². The van der Waals surface area contributed by atoms with Crippen LogP contribution in [0.15, 0.2) is 18.5 Å². The van der Waals surface area contributed by atoms with Crippen LogP contribution in [0.25, 0.3) is 5.52 Å². The Morgan fingerprint density at radius 1 is 1.24 bits per heavy atom. The second-order valence-corrected chi connectivity index (χ2v) is 10.8. The smallest absolute Gasteiger partial charge is 0.462 e. The maximum absolute atomic E-state index is 12.6. The van der Waals surface area contributed by atoms with Crippen LogP contribution in [0, 0.1) is 22.7 Å². The van der Waals surface area contributed by atoms with Gasteiger partial charge in [0.1, 0.15) is 42.8 Å². The van der Waals surface area contributed by atoms with E-state index in [0.29, 0.717) is 5.52 Å². The lowest BCUT2D eigenvalue weighted by molar-refractivity contribution is -0.155. The normalized spacial score (nSPS) is 21.1. The number of fused-ring (bicyclic) bond motifs is 1. The standard InChI is InChI=1S/C26H34N6O9/c1-14(2)22(34)31-21-16-7-8-19(32(16)30-12-29-21)26(11-27)9-17(40-24(36)39-13-38-15(3)33)18(41-26)10-37-23(35)20(28)25(4,5)6/h7-8,12,14,17-18,20H,9-10,13,28H2,1-6H3,(H,29,30,31,34)/t17-,18+,20+,26-/m0/s1. The number of carbonyl (C=O) groups excluding carboxylic acids is 4. The molecule has 3 rings (SSSR count). The topological polar surface area (TPSA) is 206 Å². The monoisotopic (exact) mass is 574 g/mol. The predicted molar refractivity (Wildman–Crippen MR) is 140 cm³/mol. The first-order valence-corrected chi connectivity index (χ1v) is 12.8. The number of anilines is 1. The van der Waals surface area contributed by atoms with E-state index in [1.807, 2.05) is 0 Å². The molecule has 15 heteroatoms. The number of nitriles is 1. The van der Waals surface area contributed by atoms with E-state index in [9.17, 15) is 24.4 Å². The zero-order chi connectivity index (χ0) is 30.5. The molecule has 0 aromatic carbocycles. The molecule has 0 spiro atoms. The van der Waals surface area contributed by atoms with E-state index in [2.05, 4.69) is 26.2 Å². The van der Waals surface area contributed by atoms with Gasteiger partial charge < -0.3 is 34.7 Å². The Bertz CT molecular complexity index is 1350. The van der Waals surface area contributed by atoms with Gasteiger partial charge in [-0.25, -0.2) is 14.3 Å². The number of ether oxygens (including phenoxy) is 5. The van der Waals surface area contributed by atoms with Crippen molar-refractivity contribution in [2.75, 3.05) is 18.7 Å². The SMILES string of the molecule is CC(=O)OCOC(=O)O[C@H]1C[C@](C#N)(c2ccc3c(NC(=O)C(C)C)ncnn23)O[C@@H]1COC(=O)[C@@H](N)C(C)(C)C. The number of amides is 1. The molecule has 41 heavy (non-hydrogen) atoms. The van der Waals surface area contributed by atoms with Gasteiger partial charge in [-0.1, -0.05) is 34.6 Å². The number of nitrogens with zero attached hydrogens (tertiary/aromatic N) is 4. The molecular weight excluding hydrogens is 540 g/mol. The van der Waals surface area contributed by atoms with E-state index >= 15 is 0 Å². The number of nitrogens with one attached hydrogen (secondary N) is 1. The summed E-state index contributed by atoms with van der Waals surface area (Å²) in [5.41, 5.74) is 4.31. The number of esters is 2. The zero-order valence-corrected chi connectivity index (χ0v) is 23.7. The minimum atomic E-state index is -1.73. The molecule has 15 nitrogen and oxygen atoms in total. The maximum Gasteiger partial charge on any atom is 0.511 e. The summed E-state index contributed by atoms with van der Waals surface area (Å²) in [7, 11) is 0. The van der Waals surface area contributed by atoms with Gasteiger partial charge in [0.25, 0.3) is 0 Å². The second-order valence-electron chi connectivity index (χ2n) is 10.8. The van der Waals surface area contributed by atoms with Crippen molar-refractivity contribution < 1.29 is 42.9 Å². The highest BCUT2D eigenvalue weighted by atomic mass is 16.8. The van der Waals surface area contributed by atoms with Gasteiger partial charge in [-0.05, 0) is 17.5 Å². The molecular formula is C26H34N6O9. The Morgan fingerprint density at radius 3 is 2.56 bits per heavy atom. The van der Waals surface area contributed by atoms with Gasteiger partial charge in [0.05, 0.1) is 5.69 Å². The van der Waals surface area contributed by atoms with Crippen LogP contribution in [0.4, 0.5) is 10.6 Å². The van der Waals surface area contributed by atoms with Gasteiger partial charge in [-0.3, -0.25) is 14.4 Å². The van der Waals surface area contributed by atoms with Crippen LogP contribution in [0.5, 0.6) is 0 Å². The highest BCUT2D eigenvalue weighted by molar-refractivity contribution is 5.94. The van der Waals surface area contributed by atoms with E-state index in [4.69, 9.17) is 24.7 Å². The lowest BCUT2D eigenvalue weighted by Crippen LogP contribution is -2.44. The number of hydrogen-bond acceptors (Lipinski definition) is 13. The molecule has 0 aliphatic carbocycles. The van der Waals surface area contributed by atoms with Gasteiger partial charge in [0.15, 0.2) is 5.82 Å². The summed E-state index contributed by atoms with van der Waals surface area (Å²) in [5, 5.41) is 17.3. The third kappa shape index (κ3) is 7.27. The molecule has 1 aliphatic rings. The minimum Gasteiger partial charge on any atom is -0.462 e. The first kappa shape index (κ1) is 31.2. The molecule has 222 valence electrons. The van der Waals surface area contributed by atoms with E-state index < -0.39 is 60.8 Å². The number of rotatable bonds is 9. The number of hydrogen-bond donors (Lipinski definition) is 2.